The van der Waals surface area contributed by atoms with Crippen molar-refractivity contribution in [2.45, 2.75) is 32.2 Å². The van der Waals surface area contributed by atoms with Crippen molar-refractivity contribution in [3.05, 3.63) is 12.7 Å². The van der Waals surface area contributed by atoms with Gasteiger partial charge in [0.1, 0.15) is 0 Å². The number of rotatable bonds is 10. The Morgan fingerprint density at radius 3 is 2.85 bits per heavy atom. The predicted molar refractivity (Wildman–Crippen MR) is 57.1 cm³/mol. The van der Waals surface area contributed by atoms with Gasteiger partial charge in [-0.15, -0.1) is 6.58 Å². The zero-order chi connectivity index (χ0) is 9.78. The van der Waals surface area contributed by atoms with Gasteiger partial charge in [-0.25, -0.2) is 0 Å². The predicted octanol–water partition coefficient (Wildman–Crippen LogP) is 2.43. The Hall–Kier alpha value is -0.123. The maximum Gasteiger partial charge on any atom is 0.229 e. The van der Waals surface area contributed by atoms with Crippen molar-refractivity contribution in [2.24, 2.45) is 0 Å². The zero-order valence-corrected chi connectivity index (χ0v) is 9.55. The van der Waals surface area contributed by atoms with E-state index >= 15 is 0 Å². The molecule has 0 aromatic carbocycles. The molecule has 76 valence electrons. The van der Waals surface area contributed by atoms with Crippen LogP contribution in [-0.4, -0.2) is 29.6 Å². The molecule has 0 bridgehead atoms. The lowest BCUT2D eigenvalue weighted by Crippen LogP contribution is -2.03. The van der Waals surface area contributed by atoms with Crippen LogP contribution in [-0.2, 0) is 9.16 Å². The van der Waals surface area contributed by atoms with Gasteiger partial charge in [-0.1, -0.05) is 12.5 Å². The van der Waals surface area contributed by atoms with E-state index in [1.165, 1.54) is 12.5 Å². The Morgan fingerprint density at radius 2 is 2.15 bits per heavy atom. The topological polar surface area (TPSA) is 18.5 Å². The van der Waals surface area contributed by atoms with E-state index in [-0.39, 0.29) is 0 Å². The van der Waals surface area contributed by atoms with Gasteiger partial charge in [-0.2, -0.15) is 0 Å². The lowest BCUT2D eigenvalue weighted by Gasteiger charge is -2.02. The monoisotopic (exact) mass is 200 g/mol. The quantitative estimate of drug-likeness (QED) is 0.306. The summed E-state index contributed by atoms with van der Waals surface area (Å²) in [7, 11) is 0.651. The first kappa shape index (κ1) is 12.9. The van der Waals surface area contributed by atoms with Crippen molar-refractivity contribution in [3.8, 4) is 0 Å². The van der Waals surface area contributed by atoms with Gasteiger partial charge < -0.3 is 9.16 Å². The molecule has 0 saturated carbocycles. The first-order chi connectivity index (χ1) is 6.41. The molecule has 2 nitrogen and oxygen atoms in total. The number of ether oxygens (including phenoxy) is 1. The summed E-state index contributed by atoms with van der Waals surface area (Å²) in [6.45, 7) is 8.16. The summed E-state index contributed by atoms with van der Waals surface area (Å²) < 4.78 is 10.6. The van der Waals surface area contributed by atoms with Gasteiger partial charge in [0, 0.05) is 19.8 Å². The second-order valence-corrected chi connectivity index (χ2v) is 3.80. The lowest BCUT2D eigenvalue weighted by atomic mass is 10.3. The summed E-state index contributed by atoms with van der Waals surface area (Å²) in [6, 6.07) is 1.17. The molecular formula is C10H20O2Si. The van der Waals surface area contributed by atoms with Gasteiger partial charge >= 0.3 is 0 Å². The van der Waals surface area contributed by atoms with Gasteiger partial charge in [-0.05, 0) is 25.8 Å². The van der Waals surface area contributed by atoms with Gasteiger partial charge in [0.05, 0.1) is 0 Å². The van der Waals surface area contributed by atoms with Crippen molar-refractivity contribution in [1.82, 2.24) is 0 Å². The molecular weight excluding hydrogens is 180 g/mol. The minimum absolute atomic E-state index is 0.651. The molecule has 0 N–H and O–H groups in total. The zero-order valence-electron chi connectivity index (χ0n) is 8.55. The fourth-order valence-corrected chi connectivity index (χ4v) is 1.62. The van der Waals surface area contributed by atoms with E-state index in [4.69, 9.17) is 9.16 Å². The van der Waals surface area contributed by atoms with E-state index in [9.17, 15) is 0 Å². The van der Waals surface area contributed by atoms with Gasteiger partial charge in [-0.3, -0.25) is 0 Å². The minimum atomic E-state index is 0.651. The second kappa shape index (κ2) is 11.9. The van der Waals surface area contributed by atoms with Crippen LogP contribution < -0.4 is 0 Å². The highest BCUT2D eigenvalue weighted by atomic mass is 28.2. The Bertz CT molecular complexity index is 107. The number of hydrogen-bond acceptors (Lipinski definition) is 2. The van der Waals surface area contributed by atoms with Crippen LogP contribution in [0.25, 0.3) is 0 Å². The standard InChI is InChI=1S/C10H20O2Si/c1-3-5-6-10-13-12-9-7-8-11-4-2/h3H,1,4-10H2,2H3. The first-order valence-corrected chi connectivity index (χ1v) is 6.06. The highest BCUT2D eigenvalue weighted by Crippen LogP contribution is 1.96. The number of allylic oxidation sites excluding steroid dienone is 1. The Labute approximate surface area is 84.3 Å². The van der Waals surface area contributed by atoms with Crippen molar-refractivity contribution < 1.29 is 9.16 Å². The highest BCUT2D eigenvalue weighted by molar-refractivity contribution is 6.26. The molecule has 0 spiro atoms. The van der Waals surface area contributed by atoms with E-state index in [0.29, 0.717) is 9.76 Å². The molecule has 0 unspecified atom stereocenters. The van der Waals surface area contributed by atoms with Gasteiger partial charge in [0.2, 0.25) is 9.76 Å². The van der Waals surface area contributed by atoms with Crippen molar-refractivity contribution in [1.29, 1.82) is 0 Å². The van der Waals surface area contributed by atoms with Crippen LogP contribution in [0.1, 0.15) is 26.2 Å². The summed E-state index contributed by atoms with van der Waals surface area (Å²) in [6.07, 6.45) is 5.28. The molecule has 0 heterocycles. The summed E-state index contributed by atoms with van der Waals surface area (Å²) in [4.78, 5) is 0. The maximum absolute atomic E-state index is 5.44. The van der Waals surface area contributed by atoms with Crippen LogP contribution >= 0.6 is 0 Å². The van der Waals surface area contributed by atoms with Crippen molar-refractivity contribution >= 4 is 9.76 Å². The molecule has 0 aliphatic carbocycles. The van der Waals surface area contributed by atoms with Gasteiger partial charge in [0.15, 0.2) is 0 Å². The average molecular weight is 200 g/mol. The Morgan fingerprint density at radius 1 is 1.31 bits per heavy atom. The molecule has 0 saturated heterocycles. The van der Waals surface area contributed by atoms with E-state index in [2.05, 4.69) is 6.58 Å². The first-order valence-electron chi connectivity index (χ1n) is 4.95. The van der Waals surface area contributed by atoms with Gasteiger partial charge in [0.25, 0.3) is 0 Å². The normalized spacial score (nSPS) is 10.2. The van der Waals surface area contributed by atoms with Crippen LogP contribution in [0.4, 0.5) is 0 Å². The second-order valence-electron chi connectivity index (χ2n) is 2.72. The molecule has 3 heteroatoms. The van der Waals surface area contributed by atoms with E-state index < -0.39 is 0 Å². The van der Waals surface area contributed by atoms with E-state index in [1.54, 1.807) is 0 Å². The third kappa shape index (κ3) is 11.9. The third-order valence-electron chi connectivity index (χ3n) is 1.53. The molecule has 0 atom stereocenters. The fraction of sp³-hybridized carbons (Fsp3) is 0.800. The van der Waals surface area contributed by atoms with Crippen molar-refractivity contribution in [3.63, 3.8) is 0 Å². The van der Waals surface area contributed by atoms with Crippen LogP contribution in [0.2, 0.25) is 6.04 Å². The van der Waals surface area contributed by atoms with Crippen LogP contribution in [0.5, 0.6) is 0 Å². The molecule has 2 radical (unpaired) electrons. The van der Waals surface area contributed by atoms with E-state index in [1.807, 2.05) is 13.0 Å². The SMILES string of the molecule is C=CCCC[Si]OCCCOCC. The molecule has 13 heavy (non-hydrogen) atoms. The Balaban J connectivity index is 2.79. The summed E-state index contributed by atoms with van der Waals surface area (Å²) >= 11 is 0. The molecule has 0 aromatic heterocycles. The van der Waals surface area contributed by atoms with Crippen LogP contribution in [0.3, 0.4) is 0 Å². The summed E-state index contributed by atoms with van der Waals surface area (Å²) in [5.74, 6) is 0. The van der Waals surface area contributed by atoms with Crippen molar-refractivity contribution in [2.75, 3.05) is 19.8 Å². The third-order valence-corrected chi connectivity index (χ3v) is 2.49. The maximum atomic E-state index is 5.44. The average Bonchev–Trinajstić information content (AvgIpc) is 2.16. The summed E-state index contributed by atoms with van der Waals surface area (Å²) in [5.41, 5.74) is 0. The molecule has 0 aliphatic heterocycles. The number of unbranched alkanes of at least 4 members (excludes halogenated alkanes) is 1. The number of hydrogen-bond donors (Lipinski definition) is 0. The van der Waals surface area contributed by atoms with Crippen LogP contribution in [0, 0.1) is 0 Å². The molecule has 0 fully saturated rings. The summed E-state index contributed by atoms with van der Waals surface area (Å²) in [5, 5.41) is 0. The smallest absolute Gasteiger partial charge is 0.229 e. The lowest BCUT2D eigenvalue weighted by molar-refractivity contribution is 0.131. The molecule has 0 aromatic rings. The molecule has 0 aliphatic rings. The van der Waals surface area contributed by atoms with E-state index in [0.717, 1.165) is 32.7 Å². The fourth-order valence-electron chi connectivity index (χ4n) is 0.840. The van der Waals surface area contributed by atoms with Crippen LogP contribution in [0.15, 0.2) is 12.7 Å². The Kier molecular flexibility index (Phi) is 11.8. The molecule has 0 amide bonds. The minimum Gasteiger partial charge on any atom is -0.417 e. The largest absolute Gasteiger partial charge is 0.417 e. The molecule has 0 rings (SSSR count). The highest BCUT2D eigenvalue weighted by Gasteiger charge is 1.91.